The largest absolute Gasteiger partial charge is 0.454 e. The predicted octanol–water partition coefficient (Wildman–Crippen LogP) is 2.94. The van der Waals surface area contributed by atoms with E-state index < -0.39 is 0 Å². The third-order valence-electron chi connectivity index (χ3n) is 3.54. The second-order valence-electron chi connectivity index (χ2n) is 5.49. The van der Waals surface area contributed by atoms with Gasteiger partial charge >= 0.3 is 0 Å². The molecule has 0 aromatic carbocycles. The Morgan fingerprint density at radius 3 is 2.96 bits per heavy atom. The molecule has 0 saturated heterocycles. The van der Waals surface area contributed by atoms with Crippen molar-refractivity contribution < 1.29 is 9.21 Å². The zero-order valence-electron chi connectivity index (χ0n) is 13.8. The first-order valence-electron chi connectivity index (χ1n) is 8.03. The molecule has 0 atom stereocenters. The monoisotopic (exact) mass is 358 g/mol. The van der Waals surface area contributed by atoms with Gasteiger partial charge in [0.25, 0.3) is 11.5 Å². The van der Waals surface area contributed by atoms with Gasteiger partial charge in [0.05, 0.1) is 6.54 Å². The molecular weight excluding hydrogens is 340 g/mol. The molecule has 3 heterocycles. The van der Waals surface area contributed by atoms with Crippen LogP contribution in [0.15, 0.2) is 45.7 Å². The molecule has 3 rings (SSSR count). The van der Waals surface area contributed by atoms with Gasteiger partial charge in [-0.25, -0.2) is 0 Å². The number of unbranched alkanes of at least 4 members (excludes halogenated alkanes) is 1. The van der Waals surface area contributed by atoms with Crippen LogP contribution in [0.2, 0.25) is 0 Å². The van der Waals surface area contributed by atoms with Gasteiger partial charge in [-0.2, -0.15) is 0 Å². The smallest absolute Gasteiger partial charge is 0.293 e. The molecular formula is C17H18N4O3S. The van der Waals surface area contributed by atoms with E-state index in [-0.39, 0.29) is 23.8 Å². The van der Waals surface area contributed by atoms with Crippen molar-refractivity contribution >= 4 is 22.4 Å². The van der Waals surface area contributed by atoms with Crippen molar-refractivity contribution in [2.75, 3.05) is 5.32 Å². The van der Waals surface area contributed by atoms with Crippen molar-refractivity contribution in [2.45, 2.75) is 32.7 Å². The lowest BCUT2D eigenvalue weighted by molar-refractivity contribution is 0.0994. The van der Waals surface area contributed by atoms with Gasteiger partial charge in [-0.05, 0) is 24.6 Å². The maximum absolute atomic E-state index is 12.2. The SMILES string of the molecule is CCCCc1nnc(NC(=O)c2ccc(Cn3ccccc3=O)o2)s1. The van der Waals surface area contributed by atoms with Crippen molar-refractivity contribution in [3.05, 3.63) is 63.4 Å². The predicted molar refractivity (Wildman–Crippen MR) is 95.0 cm³/mol. The molecule has 1 amide bonds. The highest BCUT2D eigenvalue weighted by Gasteiger charge is 2.14. The summed E-state index contributed by atoms with van der Waals surface area (Å²) in [7, 11) is 0. The molecule has 0 fully saturated rings. The van der Waals surface area contributed by atoms with Crippen molar-refractivity contribution in [1.82, 2.24) is 14.8 Å². The number of anilines is 1. The summed E-state index contributed by atoms with van der Waals surface area (Å²) >= 11 is 1.37. The van der Waals surface area contributed by atoms with Crippen molar-refractivity contribution in [3.63, 3.8) is 0 Å². The van der Waals surface area contributed by atoms with E-state index >= 15 is 0 Å². The highest BCUT2D eigenvalue weighted by atomic mass is 32.1. The fraction of sp³-hybridized carbons (Fsp3) is 0.294. The van der Waals surface area contributed by atoms with E-state index in [1.54, 1.807) is 30.5 Å². The first kappa shape index (κ1) is 17.1. The minimum atomic E-state index is -0.384. The quantitative estimate of drug-likeness (QED) is 0.701. The summed E-state index contributed by atoms with van der Waals surface area (Å²) in [5, 5.41) is 12.1. The van der Waals surface area contributed by atoms with E-state index in [9.17, 15) is 9.59 Å². The second-order valence-corrected chi connectivity index (χ2v) is 6.55. The molecule has 0 aliphatic rings. The number of pyridine rings is 1. The van der Waals surface area contributed by atoms with Crippen LogP contribution in [-0.4, -0.2) is 20.7 Å². The Kier molecular flexibility index (Phi) is 5.39. The highest BCUT2D eigenvalue weighted by molar-refractivity contribution is 7.15. The normalized spacial score (nSPS) is 10.8. The third kappa shape index (κ3) is 4.42. The number of hydrogen-bond donors (Lipinski definition) is 1. The number of aryl methyl sites for hydroxylation is 1. The molecule has 8 heteroatoms. The summed E-state index contributed by atoms with van der Waals surface area (Å²) in [6.45, 7) is 2.38. The second kappa shape index (κ2) is 7.89. The Bertz CT molecular complexity index is 912. The molecule has 1 N–H and O–H groups in total. The molecule has 130 valence electrons. The number of nitrogens with zero attached hydrogens (tertiary/aromatic N) is 3. The number of carbonyl (C=O) groups is 1. The summed E-state index contributed by atoms with van der Waals surface area (Å²) in [4.78, 5) is 23.9. The Morgan fingerprint density at radius 2 is 2.16 bits per heavy atom. The minimum absolute atomic E-state index is 0.127. The number of hydrogen-bond acceptors (Lipinski definition) is 6. The van der Waals surface area contributed by atoms with Crippen LogP contribution in [0.3, 0.4) is 0 Å². The van der Waals surface area contributed by atoms with Gasteiger partial charge in [-0.3, -0.25) is 14.9 Å². The first-order chi connectivity index (χ1) is 12.2. The molecule has 3 aromatic rings. The molecule has 0 aliphatic carbocycles. The number of furan rings is 1. The molecule has 25 heavy (non-hydrogen) atoms. The fourth-order valence-electron chi connectivity index (χ4n) is 2.24. The first-order valence-corrected chi connectivity index (χ1v) is 8.85. The molecule has 0 unspecified atom stereocenters. The molecule has 0 spiro atoms. The third-order valence-corrected chi connectivity index (χ3v) is 4.44. The lowest BCUT2D eigenvalue weighted by atomic mass is 10.3. The number of nitrogens with one attached hydrogen (secondary N) is 1. The van der Waals surface area contributed by atoms with E-state index in [0.29, 0.717) is 10.9 Å². The molecule has 0 saturated carbocycles. The van der Waals surface area contributed by atoms with Crippen LogP contribution >= 0.6 is 11.3 Å². The molecule has 0 bridgehead atoms. The summed E-state index contributed by atoms with van der Waals surface area (Å²) in [6, 6.07) is 8.18. The lowest BCUT2D eigenvalue weighted by Gasteiger charge is -2.01. The lowest BCUT2D eigenvalue weighted by Crippen LogP contribution is -2.18. The maximum Gasteiger partial charge on any atom is 0.293 e. The molecule has 0 aliphatic heterocycles. The van der Waals surface area contributed by atoms with Gasteiger partial charge in [0, 0.05) is 18.7 Å². The molecule has 0 radical (unpaired) electrons. The summed E-state index contributed by atoms with van der Waals surface area (Å²) in [5.41, 5.74) is -0.127. The summed E-state index contributed by atoms with van der Waals surface area (Å²) in [6.07, 6.45) is 4.66. The van der Waals surface area contributed by atoms with E-state index in [2.05, 4.69) is 22.4 Å². The van der Waals surface area contributed by atoms with E-state index in [0.717, 1.165) is 24.3 Å². The molecule has 3 aromatic heterocycles. The van der Waals surface area contributed by atoms with Crippen molar-refractivity contribution in [2.24, 2.45) is 0 Å². The van der Waals surface area contributed by atoms with Gasteiger partial charge in [0.1, 0.15) is 10.8 Å². The zero-order valence-corrected chi connectivity index (χ0v) is 14.6. The van der Waals surface area contributed by atoms with Gasteiger partial charge in [-0.15, -0.1) is 10.2 Å². The fourth-order valence-corrected chi connectivity index (χ4v) is 3.01. The number of rotatable bonds is 7. The minimum Gasteiger partial charge on any atom is -0.454 e. The number of amides is 1. The van der Waals surface area contributed by atoms with E-state index in [1.807, 2.05) is 0 Å². The van der Waals surface area contributed by atoms with Crippen molar-refractivity contribution in [3.8, 4) is 0 Å². The molecule has 7 nitrogen and oxygen atoms in total. The van der Waals surface area contributed by atoms with E-state index in [1.165, 1.54) is 22.0 Å². The van der Waals surface area contributed by atoms with Crippen LogP contribution < -0.4 is 10.9 Å². The van der Waals surface area contributed by atoms with Crippen molar-refractivity contribution in [1.29, 1.82) is 0 Å². The Labute approximate surface area is 148 Å². The van der Waals surface area contributed by atoms with E-state index in [4.69, 9.17) is 4.42 Å². The average molecular weight is 358 g/mol. The Morgan fingerprint density at radius 1 is 1.28 bits per heavy atom. The van der Waals surface area contributed by atoms with Crippen LogP contribution in [-0.2, 0) is 13.0 Å². The Hall–Kier alpha value is -2.74. The van der Waals surface area contributed by atoms with Crippen LogP contribution in [0.4, 0.5) is 5.13 Å². The number of carbonyl (C=O) groups excluding carboxylic acids is 1. The summed E-state index contributed by atoms with van der Waals surface area (Å²) < 4.78 is 7.04. The maximum atomic E-state index is 12.2. The summed E-state index contributed by atoms with van der Waals surface area (Å²) in [5.74, 6) is 0.313. The standard InChI is InChI=1S/C17H18N4O3S/c1-2-3-6-14-19-20-17(25-14)18-16(23)13-9-8-12(24-13)11-21-10-5-4-7-15(21)22/h4-5,7-10H,2-3,6,11H2,1H3,(H,18,20,23). The topological polar surface area (TPSA) is 90.0 Å². The highest BCUT2D eigenvalue weighted by Crippen LogP contribution is 2.18. The van der Waals surface area contributed by atoms with Crippen LogP contribution in [0, 0.1) is 0 Å². The van der Waals surface area contributed by atoms with Crippen LogP contribution in [0.25, 0.3) is 0 Å². The van der Waals surface area contributed by atoms with Gasteiger partial charge in [-0.1, -0.05) is 30.7 Å². The van der Waals surface area contributed by atoms with Crippen LogP contribution in [0.5, 0.6) is 0 Å². The zero-order chi connectivity index (χ0) is 17.6. The van der Waals surface area contributed by atoms with Crippen LogP contribution in [0.1, 0.15) is 41.1 Å². The average Bonchev–Trinajstić information content (AvgIpc) is 3.24. The Balaban J connectivity index is 1.63. The van der Waals surface area contributed by atoms with Gasteiger partial charge in [0.15, 0.2) is 5.76 Å². The van der Waals surface area contributed by atoms with Gasteiger partial charge < -0.3 is 8.98 Å². The van der Waals surface area contributed by atoms with Gasteiger partial charge in [0.2, 0.25) is 5.13 Å². The number of aromatic nitrogens is 3.